The first-order valence-electron chi connectivity index (χ1n) is 6.85. The van der Waals surface area contributed by atoms with Crippen LogP contribution in [0.25, 0.3) is 0 Å². The first-order valence-corrected chi connectivity index (χ1v) is 6.85. The van der Waals surface area contributed by atoms with Crippen LogP contribution in [-0.2, 0) is 9.53 Å². The highest BCUT2D eigenvalue weighted by Gasteiger charge is 2.72. The van der Waals surface area contributed by atoms with Crippen LogP contribution in [0.4, 0.5) is 0 Å². The van der Waals surface area contributed by atoms with Crippen LogP contribution in [0.15, 0.2) is 12.2 Å². The van der Waals surface area contributed by atoms with Gasteiger partial charge in [0.1, 0.15) is 6.10 Å². The molecule has 4 rings (SSSR count). The van der Waals surface area contributed by atoms with Gasteiger partial charge in [0, 0.05) is 17.4 Å². The van der Waals surface area contributed by atoms with E-state index in [1.807, 2.05) is 0 Å². The molecule has 6 atom stereocenters. The zero-order chi connectivity index (χ0) is 12.0. The molecular weight excluding hydrogens is 212 g/mol. The molecule has 2 heteroatoms. The molecule has 1 heterocycles. The molecule has 0 N–H and O–H groups in total. The number of carbonyl (C=O) groups excluding carboxylic acids is 1. The summed E-state index contributed by atoms with van der Waals surface area (Å²) in [5, 5.41) is 0. The lowest BCUT2D eigenvalue weighted by Gasteiger charge is -2.46. The maximum Gasteiger partial charge on any atom is 0.334 e. The highest BCUT2D eigenvalue weighted by atomic mass is 16.6. The van der Waals surface area contributed by atoms with Gasteiger partial charge >= 0.3 is 5.97 Å². The van der Waals surface area contributed by atoms with Gasteiger partial charge in [0.15, 0.2) is 0 Å². The standard InChI is InChI=1S/C15H20O2/c1-8-10-4-5-14(2)6-9-7-15(9,3)12(14)11(10)17-13(8)16/h9-12H,1,4-7H2,2-3H3/t9-,10+,11-,12+,14-,15+/m1/s1. The Morgan fingerprint density at radius 2 is 2.12 bits per heavy atom. The van der Waals surface area contributed by atoms with Gasteiger partial charge in [0.2, 0.25) is 0 Å². The van der Waals surface area contributed by atoms with Crippen LogP contribution >= 0.6 is 0 Å². The van der Waals surface area contributed by atoms with E-state index in [4.69, 9.17) is 4.74 Å². The average Bonchev–Trinajstić information content (AvgIpc) is 2.68. The predicted octanol–water partition coefficient (Wildman–Crippen LogP) is 2.93. The van der Waals surface area contributed by atoms with Crippen molar-refractivity contribution in [2.45, 2.75) is 45.6 Å². The Morgan fingerprint density at radius 1 is 1.35 bits per heavy atom. The normalized spacial score (nSPS) is 59.4. The lowest BCUT2D eigenvalue weighted by Crippen LogP contribution is -2.45. The second kappa shape index (κ2) is 2.62. The van der Waals surface area contributed by atoms with Gasteiger partial charge in [-0.1, -0.05) is 20.4 Å². The van der Waals surface area contributed by atoms with E-state index in [1.165, 1.54) is 19.3 Å². The summed E-state index contributed by atoms with van der Waals surface area (Å²) in [5.74, 6) is 1.67. The molecule has 0 unspecified atom stereocenters. The van der Waals surface area contributed by atoms with E-state index in [0.29, 0.717) is 22.7 Å². The largest absolute Gasteiger partial charge is 0.458 e. The van der Waals surface area contributed by atoms with Crippen molar-refractivity contribution >= 4 is 5.97 Å². The summed E-state index contributed by atoms with van der Waals surface area (Å²) in [6.07, 6.45) is 5.19. The van der Waals surface area contributed by atoms with E-state index >= 15 is 0 Å². The van der Waals surface area contributed by atoms with Crippen LogP contribution in [0.5, 0.6) is 0 Å². The van der Waals surface area contributed by atoms with Gasteiger partial charge in [-0.25, -0.2) is 4.79 Å². The van der Waals surface area contributed by atoms with E-state index < -0.39 is 0 Å². The Labute approximate surface area is 102 Å². The fourth-order valence-corrected chi connectivity index (χ4v) is 5.43. The van der Waals surface area contributed by atoms with Gasteiger partial charge < -0.3 is 4.74 Å². The number of esters is 1. The first-order chi connectivity index (χ1) is 7.96. The second-order valence-corrected chi connectivity index (χ2v) is 7.28. The van der Waals surface area contributed by atoms with Gasteiger partial charge in [-0.3, -0.25) is 0 Å². The maximum atomic E-state index is 11.7. The maximum absolute atomic E-state index is 11.7. The minimum atomic E-state index is -0.128. The van der Waals surface area contributed by atoms with E-state index in [9.17, 15) is 4.79 Å². The molecule has 17 heavy (non-hydrogen) atoms. The first kappa shape index (κ1) is 10.2. The molecular formula is C15H20O2. The Balaban J connectivity index is 1.77. The number of rotatable bonds is 0. The summed E-state index contributed by atoms with van der Waals surface area (Å²) < 4.78 is 5.68. The van der Waals surface area contributed by atoms with Gasteiger partial charge in [-0.2, -0.15) is 0 Å². The lowest BCUT2D eigenvalue weighted by molar-refractivity contribution is -0.147. The molecule has 0 aromatic heterocycles. The fourth-order valence-electron chi connectivity index (χ4n) is 5.43. The molecule has 1 saturated heterocycles. The molecule has 1 aliphatic heterocycles. The highest BCUT2D eigenvalue weighted by molar-refractivity contribution is 5.91. The minimum Gasteiger partial charge on any atom is -0.458 e. The number of hydrogen-bond donors (Lipinski definition) is 0. The van der Waals surface area contributed by atoms with Crippen molar-refractivity contribution in [3.63, 3.8) is 0 Å². The number of hydrogen-bond acceptors (Lipinski definition) is 2. The fraction of sp³-hybridized carbons (Fsp3) is 0.800. The third-order valence-electron chi connectivity index (χ3n) is 6.34. The van der Waals surface area contributed by atoms with E-state index in [-0.39, 0.29) is 12.1 Å². The van der Waals surface area contributed by atoms with Crippen molar-refractivity contribution < 1.29 is 9.53 Å². The molecule has 0 bridgehead atoms. The number of fused-ring (bicyclic) bond motifs is 5. The van der Waals surface area contributed by atoms with Crippen molar-refractivity contribution in [1.29, 1.82) is 0 Å². The Morgan fingerprint density at radius 3 is 2.88 bits per heavy atom. The molecule has 4 fully saturated rings. The molecule has 0 spiro atoms. The molecule has 0 aromatic rings. The summed E-state index contributed by atoms with van der Waals surface area (Å²) in [4.78, 5) is 11.7. The third-order valence-corrected chi connectivity index (χ3v) is 6.34. The van der Waals surface area contributed by atoms with Gasteiger partial charge in [0.05, 0.1) is 0 Å². The monoisotopic (exact) mass is 232 g/mol. The van der Waals surface area contributed by atoms with Crippen molar-refractivity contribution in [2.75, 3.05) is 0 Å². The summed E-state index contributed by atoms with van der Waals surface area (Å²) in [6.45, 7) is 8.77. The minimum absolute atomic E-state index is 0.128. The topological polar surface area (TPSA) is 26.3 Å². The molecule has 0 radical (unpaired) electrons. The quantitative estimate of drug-likeness (QED) is 0.474. The Bertz CT molecular complexity index is 440. The number of carbonyl (C=O) groups is 1. The van der Waals surface area contributed by atoms with Crippen LogP contribution in [0.2, 0.25) is 0 Å². The van der Waals surface area contributed by atoms with Crippen molar-refractivity contribution in [3.05, 3.63) is 12.2 Å². The second-order valence-electron chi connectivity index (χ2n) is 7.28. The predicted molar refractivity (Wildman–Crippen MR) is 64.2 cm³/mol. The molecule has 4 aliphatic rings. The van der Waals surface area contributed by atoms with Crippen LogP contribution in [-0.4, -0.2) is 12.1 Å². The van der Waals surface area contributed by atoms with Crippen LogP contribution in [0, 0.1) is 28.6 Å². The van der Waals surface area contributed by atoms with Crippen molar-refractivity contribution in [2.24, 2.45) is 28.6 Å². The van der Waals surface area contributed by atoms with Crippen molar-refractivity contribution in [3.8, 4) is 0 Å². The molecule has 2 nitrogen and oxygen atoms in total. The molecule has 3 saturated carbocycles. The lowest BCUT2D eigenvalue weighted by atomic mass is 9.60. The van der Waals surface area contributed by atoms with E-state index in [1.54, 1.807) is 0 Å². The molecule has 0 amide bonds. The Kier molecular flexibility index (Phi) is 1.57. The zero-order valence-corrected chi connectivity index (χ0v) is 10.7. The van der Waals surface area contributed by atoms with Gasteiger partial charge in [0.25, 0.3) is 0 Å². The summed E-state index contributed by atoms with van der Waals surface area (Å²) in [6, 6.07) is 0. The van der Waals surface area contributed by atoms with Gasteiger partial charge in [-0.05, 0) is 42.4 Å². The van der Waals surface area contributed by atoms with Crippen LogP contribution in [0.3, 0.4) is 0 Å². The highest BCUT2D eigenvalue weighted by Crippen LogP contribution is 2.76. The van der Waals surface area contributed by atoms with E-state index in [0.717, 1.165) is 17.9 Å². The SMILES string of the molecule is C=C1C(=O)O[C@@H]2[C@H]1CC[C@]1(C)C[C@@H]3C[C@]3(C)[C@@H]21. The van der Waals surface area contributed by atoms with Crippen LogP contribution < -0.4 is 0 Å². The molecule has 3 aliphatic carbocycles. The van der Waals surface area contributed by atoms with Crippen molar-refractivity contribution in [1.82, 2.24) is 0 Å². The summed E-state index contributed by atoms with van der Waals surface area (Å²) in [5.41, 5.74) is 1.62. The van der Waals surface area contributed by atoms with E-state index in [2.05, 4.69) is 20.4 Å². The number of ether oxygens (including phenoxy) is 1. The van der Waals surface area contributed by atoms with Crippen LogP contribution in [0.1, 0.15) is 39.5 Å². The smallest absolute Gasteiger partial charge is 0.334 e. The third kappa shape index (κ3) is 1.01. The molecule has 92 valence electrons. The zero-order valence-electron chi connectivity index (χ0n) is 10.7. The summed E-state index contributed by atoms with van der Waals surface area (Å²) >= 11 is 0. The van der Waals surface area contributed by atoms with Gasteiger partial charge in [-0.15, -0.1) is 0 Å². The Hall–Kier alpha value is -0.790. The molecule has 0 aromatic carbocycles. The summed E-state index contributed by atoms with van der Waals surface area (Å²) in [7, 11) is 0. The average molecular weight is 232 g/mol.